The molecular weight excluding hydrogens is 278 g/mol. The minimum Gasteiger partial charge on any atom is -0.435 e. The summed E-state index contributed by atoms with van der Waals surface area (Å²) in [7, 11) is 0. The zero-order chi connectivity index (χ0) is 15.4. The van der Waals surface area contributed by atoms with Crippen molar-refractivity contribution in [3.05, 3.63) is 36.5 Å². The lowest BCUT2D eigenvalue weighted by Crippen LogP contribution is -2.58. The number of rotatable bonds is 2. The Morgan fingerprint density at radius 2 is 1.82 bits per heavy atom. The molecule has 5 unspecified atom stereocenters. The zero-order valence-corrected chi connectivity index (χ0v) is 13.1. The molecule has 1 saturated carbocycles. The number of hydrogen-bond acceptors (Lipinski definition) is 4. The first-order valence-electron chi connectivity index (χ1n) is 8.40. The van der Waals surface area contributed by atoms with Crippen molar-refractivity contribution < 1.29 is 14.3 Å². The zero-order valence-electron chi connectivity index (χ0n) is 13.1. The molecule has 0 amide bonds. The molecule has 4 nitrogen and oxygen atoms in total. The molecule has 0 radical (unpaired) electrons. The Balaban J connectivity index is 1.82. The number of carbonyl (C=O) groups excluding carboxylic acids is 1. The second-order valence-corrected chi connectivity index (χ2v) is 6.25. The van der Waals surface area contributed by atoms with Crippen molar-refractivity contribution in [2.45, 2.75) is 44.9 Å². The molecule has 5 atom stereocenters. The first kappa shape index (κ1) is 15.3. The maximum absolute atomic E-state index is 11.8. The lowest BCUT2D eigenvalue weighted by atomic mass is 9.67. The Bertz CT molecular complexity index is 483. The maximum Gasteiger partial charge on any atom is 0.509 e. The molecule has 0 aromatic carbocycles. The predicted molar refractivity (Wildman–Crippen MR) is 85.2 cm³/mol. The number of piperidine rings is 1. The van der Waals surface area contributed by atoms with Gasteiger partial charge in [-0.1, -0.05) is 49.3 Å². The monoisotopic (exact) mass is 303 g/mol. The Morgan fingerprint density at radius 3 is 2.59 bits per heavy atom. The second-order valence-electron chi connectivity index (χ2n) is 6.25. The van der Waals surface area contributed by atoms with Crippen molar-refractivity contribution in [1.29, 1.82) is 0 Å². The quantitative estimate of drug-likeness (QED) is 0.792. The third-order valence-corrected chi connectivity index (χ3v) is 4.97. The van der Waals surface area contributed by atoms with Crippen LogP contribution in [0.25, 0.3) is 0 Å². The Morgan fingerprint density at radius 1 is 1.09 bits per heavy atom. The fourth-order valence-electron chi connectivity index (χ4n) is 4.02. The van der Waals surface area contributed by atoms with Gasteiger partial charge >= 0.3 is 6.16 Å². The van der Waals surface area contributed by atoms with Crippen LogP contribution in [0.4, 0.5) is 4.79 Å². The summed E-state index contributed by atoms with van der Waals surface area (Å²) < 4.78 is 10.5. The van der Waals surface area contributed by atoms with Crippen molar-refractivity contribution in [1.82, 2.24) is 5.32 Å². The highest BCUT2D eigenvalue weighted by Crippen LogP contribution is 2.41. The average molecular weight is 303 g/mol. The summed E-state index contributed by atoms with van der Waals surface area (Å²) >= 11 is 0. The van der Waals surface area contributed by atoms with Crippen LogP contribution < -0.4 is 5.32 Å². The number of allylic oxidation sites excluding steroid dienone is 5. The number of ether oxygens (including phenoxy) is 2. The van der Waals surface area contributed by atoms with Crippen molar-refractivity contribution in [3.8, 4) is 0 Å². The van der Waals surface area contributed by atoms with Crippen molar-refractivity contribution in [2.24, 2.45) is 17.8 Å². The molecule has 2 aliphatic carbocycles. The van der Waals surface area contributed by atoms with Gasteiger partial charge in [0.15, 0.2) is 6.23 Å². The normalized spacial score (nSPS) is 36.7. The van der Waals surface area contributed by atoms with Crippen LogP contribution >= 0.6 is 0 Å². The molecule has 120 valence electrons. The van der Waals surface area contributed by atoms with Crippen LogP contribution in [0.5, 0.6) is 0 Å². The fourth-order valence-corrected chi connectivity index (χ4v) is 4.02. The molecule has 2 fully saturated rings. The van der Waals surface area contributed by atoms with E-state index in [9.17, 15) is 4.79 Å². The van der Waals surface area contributed by atoms with E-state index in [0.717, 1.165) is 6.42 Å². The van der Waals surface area contributed by atoms with Crippen LogP contribution in [0.2, 0.25) is 0 Å². The van der Waals surface area contributed by atoms with Crippen LogP contribution in [-0.2, 0) is 9.47 Å². The highest BCUT2D eigenvalue weighted by Gasteiger charge is 2.44. The Hall–Kier alpha value is -1.55. The minimum absolute atomic E-state index is 0.157. The number of carbonyl (C=O) groups is 1. The van der Waals surface area contributed by atoms with E-state index in [-0.39, 0.29) is 12.1 Å². The van der Waals surface area contributed by atoms with Gasteiger partial charge in [-0.3, -0.25) is 5.32 Å². The van der Waals surface area contributed by atoms with Crippen molar-refractivity contribution in [2.75, 3.05) is 6.61 Å². The maximum atomic E-state index is 11.8. The fraction of sp³-hybridized carbons (Fsp3) is 0.611. The number of hydrogen-bond donors (Lipinski definition) is 1. The molecule has 3 aliphatic rings. The van der Waals surface area contributed by atoms with Crippen LogP contribution in [0.3, 0.4) is 0 Å². The molecule has 1 aliphatic heterocycles. The molecule has 1 heterocycles. The summed E-state index contributed by atoms with van der Waals surface area (Å²) in [5, 5.41) is 3.56. The van der Waals surface area contributed by atoms with Gasteiger partial charge in [0.25, 0.3) is 0 Å². The lowest BCUT2D eigenvalue weighted by Gasteiger charge is -2.47. The SMILES string of the molecule is CCOC(=O)OC1NC2CCCCC2C2C=CC=CC=CC12. The summed E-state index contributed by atoms with van der Waals surface area (Å²) in [6.07, 6.45) is 16.8. The molecule has 0 aromatic rings. The average Bonchev–Trinajstić information content (AvgIpc) is 2.47. The summed E-state index contributed by atoms with van der Waals surface area (Å²) in [6.45, 7) is 2.13. The van der Waals surface area contributed by atoms with E-state index in [0.29, 0.717) is 24.5 Å². The second kappa shape index (κ2) is 7.14. The summed E-state index contributed by atoms with van der Waals surface area (Å²) in [5.41, 5.74) is 0. The third kappa shape index (κ3) is 3.27. The van der Waals surface area contributed by atoms with E-state index >= 15 is 0 Å². The summed E-state index contributed by atoms with van der Waals surface area (Å²) in [5.74, 6) is 1.19. The van der Waals surface area contributed by atoms with Crippen LogP contribution in [0.1, 0.15) is 32.6 Å². The van der Waals surface area contributed by atoms with Gasteiger partial charge in [0.1, 0.15) is 0 Å². The molecule has 0 spiro atoms. The standard InChI is InChI=1S/C18H25NO3/c1-2-21-18(20)22-17-15-11-6-4-3-5-9-13(15)14-10-7-8-12-16(14)19-17/h3-6,9,11,13-17,19H,2,7-8,10,12H2,1H3. The minimum atomic E-state index is -0.581. The summed E-state index contributed by atoms with van der Waals surface area (Å²) in [4.78, 5) is 11.8. The van der Waals surface area contributed by atoms with Gasteiger partial charge in [-0.25, -0.2) is 4.79 Å². The molecule has 22 heavy (non-hydrogen) atoms. The lowest BCUT2D eigenvalue weighted by molar-refractivity contribution is -0.0522. The molecule has 1 N–H and O–H groups in total. The number of nitrogens with one attached hydrogen (secondary N) is 1. The van der Waals surface area contributed by atoms with Gasteiger partial charge in [-0.2, -0.15) is 0 Å². The van der Waals surface area contributed by atoms with E-state index in [4.69, 9.17) is 9.47 Å². The van der Waals surface area contributed by atoms with Crippen molar-refractivity contribution in [3.63, 3.8) is 0 Å². The van der Waals surface area contributed by atoms with Crippen LogP contribution in [0.15, 0.2) is 36.5 Å². The van der Waals surface area contributed by atoms with E-state index in [1.54, 1.807) is 6.92 Å². The molecule has 4 heteroatoms. The van der Waals surface area contributed by atoms with Gasteiger partial charge in [-0.05, 0) is 31.6 Å². The smallest absolute Gasteiger partial charge is 0.435 e. The molecule has 0 bridgehead atoms. The summed E-state index contributed by atoms with van der Waals surface area (Å²) in [6, 6.07) is 0.427. The molecule has 3 rings (SSSR count). The van der Waals surface area contributed by atoms with E-state index in [1.165, 1.54) is 19.3 Å². The van der Waals surface area contributed by atoms with Gasteiger partial charge in [0.05, 0.1) is 6.61 Å². The van der Waals surface area contributed by atoms with Gasteiger partial charge in [0.2, 0.25) is 0 Å². The number of fused-ring (bicyclic) bond motifs is 3. The van der Waals surface area contributed by atoms with E-state index in [2.05, 4.69) is 29.6 Å². The third-order valence-electron chi connectivity index (χ3n) is 4.97. The van der Waals surface area contributed by atoms with Crippen LogP contribution in [0, 0.1) is 17.8 Å². The van der Waals surface area contributed by atoms with Gasteiger partial charge in [0, 0.05) is 12.0 Å². The van der Waals surface area contributed by atoms with Gasteiger partial charge in [-0.15, -0.1) is 0 Å². The van der Waals surface area contributed by atoms with Crippen molar-refractivity contribution >= 4 is 6.16 Å². The highest BCUT2D eigenvalue weighted by molar-refractivity contribution is 5.60. The first-order valence-corrected chi connectivity index (χ1v) is 8.40. The van der Waals surface area contributed by atoms with E-state index < -0.39 is 6.16 Å². The Labute approximate surface area is 132 Å². The first-order chi connectivity index (χ1) is 10.8. The Kier molecular flexibility index (Phi) is 4.98. The molecule has 1 saturated heterocycles. The highest BCUT2D eigenvalue weighted by atomic mass is 16.7. The topological polar surface area (TPSA) is 47.6 Å². The van der Waals surface area contributed by atoms with Crippen LogP contribution in [-0.4, -0.2) is 25.0 Å². The molecule has 0 aromatic heterocycles. The van der Waals surface area contributed by atoms with Gasteiger partial charge < -0.3 is 9.47 Å². The van der Waals surface area contributed by atoms with E-state index in [1.807, 2.05) is 12.2 Å². The predicted octanol–water partition coefficient (Wildman–Crippen LogP) is 3.56. The molecular formula is C18H25NO3. The largest absolute Gasteiger partial charge is 0.509 e.